The highest BCUT2D eigenvalue weighted by atomic mass is 19.4. The van der Waals surface area contributed by atoms with Crippen molar-refractivity contribution in [3.05, 3.63) is 59.7 Å². The number of fused-ring (bicyclic) bond motifs is 3. The molecule has 0 spiro atoms. The quantitative estimate of drug-likeness (QED) is 0.608. The maximum Gasteiger partial charge on any atom is 0.420 e. The van der Waals surface area contributed by atoms with Crippen molar-refractivity contribution >= 4 is 18.0 Å². The molecule has 1 atom stereocenters. The van der Waals surface area contributed by atoms with Gasteiger partial charge in [0, 0.05) is 5.92 Å². The smallest absolute Gasteiger partial charge is 0.420 e. The molecule has 0 saturated carbocycles. The van der Waals surface area contributed by atoms with E-state index in [0.717, 1.165) is 22.3 Å². The first-order valence-electron chi connectivity index (χ1n) is 10.3. The largest absolute Gasteiger partial charge is 0.479 e. The summed E-state index contributed by atoms with van der Waals surface area (Å²) in [6.07, 6.45) is -6.67. The number of hydrogen-bond donors (Lipinski definition) is 3. The molecule has 1 heterocycles. The van der Waals surface area contributed by atoms with Gasteiger partial charge in [-0.2, -0.15) is 13.2 Å². The van der Waals surface area contributed by atoms with Crippen molar-refractivity contribution in [2.24, 2.45) is 0 Å². The number of carboxylic acid groups (broad SMARTS) is 1. The van der Waals surface area contributed by atoms with Crippen LogP contribution in [0.2, 0.25) is 0 Å². The first-order chi connectivity index (χ1) is 15.9. The van der Waals surface area contributed by atoms with Gasteiger partial charge in [-0.3, -0.25) is 10.1 Å². The number of carbonyl (C=O) groups excluding carboxylic acids is 2. The highest BCUT2D eigenvalue weighted by Gasteiger charge is 2.63. The summed E-state index contributed by atoms with van der Waals surface area (Å²) < 4.78 is 46.6. The summed E-state index contributed by atoms with van der Waals surface area (Å²) in [5, 5.41) is 20.3. The third kappa shape index (κ3) is 3.75. The molecule has 2 aromatic carbocycles. The fourth-order valence-corrected chi connectivity index (χ4v) is 4.26. The number of aliphatic hydroxyl groups is 1. The summed E-state index contributed by atoms with van der Waals surface area (Å²) in [5.41, 5.74) is -2.11. The molecule has 11 heteroatoms. The zero-order chi connectivity index (χ0) is 24.9. The lowest BCUT2D eigenvalue weighted by molar-refractivity contribution is -0.212. The van der Waals surface area contributed by atoms with Gasteiger partial charge in [-0.1, -0.05) is 48.5 Å². The summed E-state index contributed by atoms with van der Waals surface area (Å²) >= 11 is 0. The van der Waals surface area contributed by atoms with Gasteiger partial charge < -0.3 is 19.8 Å². The SMILES string of the molecule is CC(NC(=O)OCC1c2ccccc2-c2ccccc21)(C(=O)N1CC(O)(C(=O)O)C1)C(F)(F)F. The van der Waals surface area contributed by atoms with E-state index in [9.17, 15) is 32.7 Å². The third-order valence-corrected chi connectivity index (χ3v) is 6.28. The van der Waals surface area contributed by atoms with Crippen LogP contribution < -0.4 is 5.32 Å². The van der Waals surface area contributed by atoms with Crippen LogP contribution in [-0.2, 0) is 14.3 Å². The molecular weight excluding hydrogens is 457 g/mol. The number of carboxylic acids is 1. The van der Waals surface area contributed by atoms with Crippen LogP contribution in [0.3, 0.4) is 0 Å². The van der Waals surface area contributed by atoms with Crippen molar-refractivity contribution in [2.45, 2.75) is 30.2 Å². The van der Waals surface area contributed by atoms with Gasteiger partial charge in [-0.05, 0) is 29.2 Å². The summed E-state index contributed by atoms with van der Waals surface area (Å²) in [6.45, 7) is -1.46. The molecule has 4 rings (SSSR count). The number of β-amino-alcohol motifs (C(OH)–C–C–N with tert-alkyl or cyclic N) is 1. The molecule has 8 nitrogen and oxygen atoms in total. The van der Waals surface area contributed by atoms with Crippen LogP contribution in [0.25, 0.3) is 11.1 Å². The standard InChI is InChI=1S/C23H21F3N2O6/c1-21(23(24,25)26,18(29)28-11-22(33,12-28)19(30)31)27-20(32)34-10-17-15-8-4-2-6-13(15)14-7-3-5-9-16(14)17/h2-9,17,33H,10-12H2,1H3,(H,27,32)(H,30,31). The monoisotopic (exact) mass is 478 g/mol. The average molecular weight is 478 g/mol. The van der Waals surface area contributed by atoms with Crippen molar-refractivity contribution in [3.8, 4) is 11.1 Å². The highest BCUT2D eigenvalue weighted by Crippen LogP contribution is 2.44. The molecule has 1 unspecified atom stereocenters. The molecule has 2 aliphatic rings. The first-order valence-corrected chi connectivity index (χ1v) is 10.3. The van der Waals surface area contributed by atoms with Gasteiger partial charge in [0.2, 0.25) is 5.54 Å². The number of halogens is 3. The van der Waals surface area contributed by atoms with E-state index in [1.165, 1.54) is 0 Å². The van der Waals surface area contributed by atoms with E-state index in [-0.39, 0.29) is 6.61 Å². The Kier molecular flexibility index (Phi) is 5.55. The number of alkyl carbamates (subject to hydrolysis) is 1. The second kappa shape index (κ2) is 8.01. The number of aliphatic carboxylic acids is 1. The van der Waals surface area contributed by atoms with Gasteiger partial charge in [-0.25, -0.2) is 9.59 Å². The van der Waals surface area contributed by atoms with E-state index in [4.69, 9.17) is 9.84 Å². The van der Waals surface area contributed by atoms with Crippen LogP contribution in [0.4, 0.5) is 18.0 Å². The minimum absolute atomic E-state index is 0.259. The molecule has 2 aromatic rings. The number of hydrogen-bond acceptors (Lipinski definition) is 5. The molecule has 3 N–H and O–H groups in total. The van der Waals surface area contributed by atoms with Crippen LogP contribution in [-0.4, -0.2) is 70.1 Å². The maximum atomic E-state index is 13.8. The molecule has 1 fully saturated rings. The average Bonchev–Trinajstić information content (AvgIpc) is 3.07. The van der Waals surface area contributed by atoms with Gasteiger partial charge in [-0.15, -0.1) is 0 Å². The fraction of sp³-hybridized carbons (Fsp3) is 0.348. The normalized spacial score (nSPS) is 18.2. The minimum Gasteiger partial charge on any atom is -0.479 e. The van der Waals surface area contributed by atoms with Crippen molar-refractivity contribution in [1.82, 2.24) is 10.2 Å². The molecule has 2 amide bonds. The summed E-state index contributed by atoms with van der Waals surface area (Å²) in [7, 11) is 0. The molecule has 0 bridgehead atoms. The first kappa shape index (κ1) is 23.6. The van der Waals surface area contributed by atoms with E-state index >= 15 is 0 Å². The van der Waals surface area contributed by atoms with Crippen molar-refractivity contribution in [2.75, 3.05) is 19.7 Å². The zero-order valence-corrected chi connectivity index (χ0v) is 17.9. The van der Waals surface area contributed by atoms with Crippen molar-refractivity contribution in [1.29, 1.82) is 0 Å². The van der Waals surface area contributed by atoms with Crippen LogP contribution in [0.5, 0.6) is 0 Å². The van der Waals surface area contributed by atoms with E-state index in [1.807, 2.05) is 48.5 Å². The predicted molar refractivity (Wildman–Crippen MR) is 112 cm³/mol. The van der Waals surface area contributed by atoms with Crippen LogP contribution >= 0.6 is 0 Å². The summed E-state index contributed by atoms with van der Waals surface area (Å²) in [4.78, 5) is 36.5. The number of nitrogens with one attached hydrogen (secondary N) is 1. The number of likely N-dealkylation sites (tertiary alicyclic amines) is 1. The van der Waals surface area contributed by atoms with E-state index in [2.05, 4.69) is 0 Å². The number of ether oxygens (including phenoxy) is 1. The lowest BCUT2D eigenvalue weighted by atomic mass is 9.90. The topological polar surface area (TPSA) is 116 Å². The van der Waals surface area contributed by atoms with Gasteiger partial charge in [0.25, 0.3) is 5.91 Å². The zero-order valence-electron chi connectivity index (χ0n) is 17.9. The van der Waals surface area contributed by atoms with Crippen molar-refractivity contribution < 1.29 is 42.5 Å². The summed E-state index contributed by atoms with van der Waals surface area (Å²) in [5.74, 6) is -3.65. The maximum absolute atomic E-state index is 13.8. The molecular formula is C23H21F3N2O6. The molecule has 34 heavy (non-hydrogen) atoms. The number of benzene rings is 2. The third-order valence-electron chi connectivity index (χ3n) is 6.28. The Morgan fingerprint density at radius 1 is 1.06 bits per heavy atom. The second-order valence-corrected chi connectivity index (χ2v) is 8.57. The molecule has 180 valence electrons. The number of nitrogens with zero attached hydrogens (tertiary/aromatic N) is 1. The van der Waals surface area contributed by atoms with E-state index in [1.54, 1.807) is 5.32 Å². The fourth-order valence-electron chi connectivity index (χ4n) is 4.26. The highest BCUT2D eigenvalue weighted by molar-refractivity contribution is 5.93. The Morgan fingerprint density at radius 3 is 2.03 bits per heavy atom. The minimum atomic E-state index is -5.22. The van der Waals surface area contributed by atoms with Gasteiger partial charge in [0.1, 0.15) is 6.61 Å². The van der Waals surface area contributed by atoms with Gasteiger partial charge in [0.05, 0.1) is 13.1 Å². The number of carbonyl (C=O) groups is 3. The van der Waals surface area contributed by atoms with E-state index in [0.29, 0.717) is 11.8 Å². The van der Waals surface area contributed by atoms with Crippen LogP contribution in [0.15, 0.2) is 48.5 Å². The summed E-state index contributed by atoms with van der Waals surface area (Å²) in [6, 6.07) is 14.8. The number of alkyl halides is 3. The Labute approximate surface area is 191 Å². The predicted octanol–water partition coefficient (Wildman–Crippen LogP) is 2.50. The van der Waals surface area contributed by atoms with E-state index < -0.39 is 54.3 Å². The Morgan fingerprint density at radius 2 is 1.56 bits per heavy atom. The Balaban J connectivity index is 1.48. The Hall–Kier alpha value is -3.60. The van der Waals surface area contributed by atoms with Crippen molar-refractivity contribution in [3.63, 3.8) is 0 Å². The Bertz CT molecular complexity index is 1120. The molecule has 0 aromatic heterocycles. The van der Waals surface area contributed by atoms with Gasteiger partial charge >= 0.3 is 18.2 Å². The molecule has 1 aliphatic carbocycles. The van der Waals surface area contributed by atoms with Crippen LogP contribution in [0, 0.1) is 0 Å². The molecule has 1 saturated heterocycles. The van der Waals surface area contributed by atoms with Gasteiger partial charge in [0.15, 0.2) is 5.60 Å². The lowest BCUT2D eigenvalue weighted by Gasteiger charge is -2.46. The lowest BCUT2D eigenvalue weighted by Crippen LogP contribution is -2.74. The number of amides is 2. The molecule has 0 radical (unpaired) electrons. The van der Waals surface area contributed by atoms with Crippen LogP contribution in [0.1, 0.15) is 24.0 Å². The number of rotatable bonds is 5. The second-order valence-electron chi connectivity index (χ2n) is 8.57. The molecule has 1 aliphatic heterocycles.